The first kappa shape index (κ1) is 24.3. The van der Waals surface area contributed by atoms with Crippen molar-refractivity contribution in [2.75, 3.05) is 31.4 Å². The van der Waals surface area contributed by atoms with E-state index < -0.39 is 5.91 Å². The van der Waals surface area contributed by atoms with Gasteiger partial charge in [0.15, 0.2) is 0 Å². The minimum atomic E-state index is -0.453. The fourth-order valence-electron chi connectivity index (χ4n) is 3.66. The van der Waals surface area contributed by atoms with Crippen molar-refractivity contribution in [2.45, 2.75) is 0 Å². The van der Waals surface area contributed by atoms with E-state index in [-0.39, 0.29) is 18.4 Å². The fraction of sp³-hybridized carbons (Fsp3) is 0.107. The van der Waals surface area contributed by atoms with Crippen LogP contribution in [0, 0.1) is 0 Å². The molecule has 0 fully saturated rings. The van der Waals surface area contributed by atoms with Crippen LogP contribution in [0.2, 0.25) is 0 Å². The molecule has 0 spiro atoms. The molecule has 36 heavy (non-hydrogen) atoms. The molecule has 0 unspecified atom stereocenters. The summed E-state index contributed by atoms with van der Waals surface area (Å²) in [6, 6.07) is 24.9. The van der Waals surface area contributed by atoms with Gasteiger partial charge in [0.05, 0.1) is 32.1 Å². The number of methoxy groups -OCH3 is 2. The van der Waals surface area contributed by atoms with Crippen LogP contribution in [0.5, 0.6) is 11.5 Å². The average Bonchev–Trinajstić information content (AvgIpc) is 2.92. The number of benzene rings is 4. The summed E-state index contributed by atoms with van der Waals surface area (Å²) in [5.41, 5.74) is 1.65. The highest BCUT2D eigenvalue weighted by Gasteiger charge is 2.17. The summed E-state index contributed by atoms with van der Waals surface area (Å²) in [6.45, 7) is -0.246. The number of carbonyl (C=O) groups excluding carboxylic acids is 3. The Labute approximate surface area is 208 Å². The van der Waals surface area contributed by atoms with Gasteiger partial charge in [-0.25, -0.2) is 0 Å². The lowest BCUT2D eigenvalue weighted by atomic mass is 10.1. The molecule has 0 saturated heterocycles. The SMILES string of the molecule is COc1cc(NC(=O)c2ccccc2)c(OC)cc1NC(=O)CNC(=O)c1ccc2ccccc2c1. The summed E-state index contributed by atoms with van der Waals surface area (Å²) in [5.74, 6) is -0.488. The molecule has 4 aromatic rings. The quantitative estimate of drug-likeness (QED) is 0.343. The monoisotopic (exact) mass is 483 g/mol. The molecule has 3 N–H and O–H groups in total. The van der Waals surface area contributed by atoms with E-state index in [1.165, 1.54) is 14.2 Å². The Kier molecular flexibility index (Phi) is 7.45. The van der Waals surface area contributed by atoms with E-state index in [1.54, 1.807) is 48.5 Å². The number of hydrogen-bond acceptors (Lipinski definition) is 5. The van der Waals surface area contributed by atoms with Crippen LogP contribution >= 0.6 is 0 Å². The van der Waals surface area contributed by atoms with Crippen molar-refractivity contribution in [3.05, 3.63) is 96.1 Å². The van der Waals surface area contributed by atoms with E-state index in [0.717, 1.165) is 10.8 Å². The lowest BCUT2D eigenvalue weighted by Crippen LogP contribution is -2.32. The molecule has 3 amide bonds. The minimum absolute atomic E-state index is 0.246. The van der Waals surface area contributed by atoms with Crippen molar-refractivity contribution in [2.24, 2.45) is 0 Å². The number of amides is 3. The van der Waals surface area contributed by atoms with Crippen LogP contribution in [-0.4, -0.2) is 38.5 Å². The van der Waals surface area contributed by atoms with Crippen molar-refractivity contribution in [3.63, 3.8) is 0 Å². The van der Waals surface area contributed by atoms with Gasteiger partial charge in [-0.05, 0) is 35.0 Å². The molecule has 0 saturated carbocycles. The van der Waals surface area contributed by atoms with Gasteiger partial charge >= 0.3 is 0 Å². The van der Waals surface area contributed by atoms with Gasteiger partial charge in [0.2, 0.25) is 5.91 Å². The normalized spacial score (nSPS) is 10.4. The topological polar surface area (TPSA) is 106 Å². The van der Waals surface area contributed by atoms with E-state index in [0.29, 0.717) is 34.0 Å². The third-order valence-electron chi connectivity index (χ3n) is 5.50. The highest BCUT2D eigenvalue weighted by atomic mass is 16.5. The van der Waals surface area contributed by atoms with Crippen molar-refractivity contribution in [3.8, 4) is 11.5 Å². The van der Waals surface area contributed by atoms with Crippen molar-refractivity contribution in [1.82, 2.24) is 5.32 Å². The van der Waals surface area contributed by atoms with Crippen LogP contribution in [-0.2, 0) is 4.79 Å². The molecule has 0 atom stereocenters. The zero-order valence-corrected chi connectivity index (χ0v) is 19.8. The average molecular weight is 484 g/mol. The number of anilines is 2. The summed E-state index contributed by atoms with van der Waals surface area (Å²) in [7, 11) is 2.90. The minimum Gasteiger partial charge on any atom is -0.494 e. The van der Waals surface area contributed by atoms with E-state index >= 15 is 0 Å². The molecule has 0 aliphatic heterocycles. The Balaban J connectivity index is 1.43. The molecule has 4 rings (SSSR count). The summed E-state index contributed by atoms with van der Waals surface area (Å²) < 4.78 is 10.8. The number of nitrogens with one attached hydrogen (secondary N) is 3. The molecule has 4 aromatic carbocycles. The van der Waals surface area contributed by atoms with Gasteiger partial charge in [-0.1, -0.05) is 48.5 Å². The summed E-state index contributed by atoms with van der Waals surface area (Å²) in [6.07, 6.45) is 0. The Morgan fingerprint density at radius 3 is 1.92 bits per heavy atom. The standard InChI is InChI=1S/C28H25N3O5/c1-35-24-16-23(31-28(34)19-9-4-3-5-10-19)25(36-2)15-22(24)30-26(32)17-29-27(33)21-13-12-18-8-6-7-11-20(18)14-21/h3-16H,17H2,1-2H3,(H,29,33)(H,30,32)(H,31,34). The lowest BCUT2D eigenvalue weighted by molar-refractivity contribution is -0.115. The van der Waals surface area contributed by atoms with Gasteiger partial charge in [-0.3, -0.25) is 14.4 Å². The third kappa shape index (κ3) is 5.61. The largest absolute Gasteiger partial charge is 0.494 e. The Morgan fingerprint density at radius 2 is 1.25 bits per heavy atom. The van der Waals surface area contributed by atoms with Crippen LogP contribution in [0.15, 0.2) is 84.9 Å². The highest BCUT2D eigenvalue weighted by molar-refractivity contribution is 6.06. The lowest BCUT2D eigenvalue weighted by Gasteiger charge is -2.16. The predicted octanol–water partition coefficient (Wildman–Crippen LogP) is 4.48. The first-order valence-electron chi connectivity index (χ1n) is 11.2. The molecule has 8 heteroatoms. The second kappa shape index (κ2) is 11.1. The fourth-order valence-corrected chi connectivity index (χ4v) is 3.66. The number of rotatable bonds is 8. The van der Waals surface area contributed by atoms with Gasteiger partial charge in [0.25, 0.3) is 11.8 Å². The van der Waals surface area contributed by atoms with E-state index in [1.807, 2.05) is 36.4 Å². The Morgan fingerprint density at radius 1 is 0.639 bits per heavy atom. The van der Waals surface area contributed by atoms with Crippen molar-refractivity contribution < 1.29 is 23.9 Å². The maximum Gasteiger partial charge on any atom is 0.255 e. The van der Waals surface area contributed by atoms with Crippen LogP contribution in [0.25, 0.3) is 10.8 Å². The van der Waals surface area contributed by atoms with Crippen LogP contribution < -0.4 is 25.4 Å². The highest BCUT2D eigenvalue weighted by Crippen LogP contribution is 2.36. The molecule has 8 nitrogen and oxygen atoms in total. The first-order valence-corrected chi connectivity index (χ1v) is 11.2. The molecule has 0 aliphatic carbocycles. The number of ether oxygens (including phenoxy) is 2. The second-order valence-electron chi connectivity index (χ2n) is 7.87. The second-order valence-corrected chi connectivity index (χ2v) is 7.87. The van der Waals surface area contributed by atoms with Crippen LogP contribution in [0.4, 0.5) is 11.4 Å². The zero-order chi connectivity index (χ0) is 25.5. The molecule has 0 bridgehead atoms. The molecule has 0 heterocycles. The van der Waals surface area contributed by atoms with Crippen LogP contribution in [0.3, 0.4) is 0 Å². The van der Waals surface area contributed by atoms with E-state index in [4.69, 9.17) is 9.47 Å². The number of hydrogen-bond donors (Lipinski definition) is 3. The van der Waals surface area contributed by atoms with Crippen molar-refractivity contribution in [1.29, 1.82) is 0 Å². The third-order valence-corrected chi connectivity index (χ3v) is 5.50. The molecular formula is C28H25N3O5. The molecule has 0 aliphatic rings. The van der Waals surface area contributed by atoms with E-state index in [9.17, 15) is 14.4 Å². The maximum absolute atomic E-state index is 12.6. The number of fused-ring (bicyclic) bond motifs is 1. The predicted molar refractivity (Wildman–Crippen MR) is 139 cm³/mol. The summed E-state index contributed by atoms with van der Waals surface area (Å²) in [4.78, 5) is 37.7. The zero-order valence-electron chi connectivity index (χ0n) is 19.8. The molecule has 0 aromatic heterocycles. The van der Waals surface area contributed by atoms with Gasteiger partial charge in [0, 0.05) is 23.3 Å². The molecule has 0 radical (unpaired) electrons. The van der Waals surface area contributed by atoms with Gasteiger partial charge in [0.1, 0.15) is 11.5 Å². The van der Waals surface area contributed by atoms with Crippen LogP contribution in [0.1, 0.15) is 20.7 Å². The Hall–Kier alpha value is -4.85. The number of carbonyl (C=O) groups is 3. The maximum atomic E-state index is 12.6. The van der Waals surface area contributed by atoms with Gasteiger partial charge < -0.3 is 25.4 Å². The van der Waals surface area contributed by atoms with Crippen molar-refractivity contribution >= 4 is 39.9 Å². The smallest absolute Gasteiger partial charge is 0.255 e. The molecule has 182 valence electrons. The summed E-state index contributed by atoms with van der Waals surface area (Å²) in [5, 5.41) is 10.1. The molecular weight excluding hydrogens is 458 g/mol. The summed E-state index contributed by atoms with van der Waals surface area (Å²) >= 11 is 0. The van der Waals surface area contributed by atoms with E-state index in [2.05, 4.69) is 16.0 Å². The van der Waals surface area contributed by atoms with Gasteiger partial charge in [-0.2, -0.15) is 0 Å². The first-order chi connectivity index (χ1) is 17.5. The van der Waals surface area contributed by atoms with Gasteiger partial charge in [-0.15, -0.1) is 0 Å². The Bertz CT molecular complexity index is 1420.